The minimum absolute atomic E-state index is 0. The summed E-state index contributed by atoms with van der Waals surface area (Å²) in [4.78, 5) is 0. The molecule has 1 saturated heterocycles. The van der Waals surface area contributed by atoms with Gasteiger partial charge in [0, 0.05) is 6.04 Å². The maximum Gasteiger partial charge on any atom is 0.0621 e. The minimum atomic E-state index is 0. The highest BCUT2D eigenvalue weighted by atomic mass is 35.5. The summed E-state index contributed by atoms with van der Waals surface area (Å²) in [7, 11) is 0. The smallest absolute Gasteiger partial charge is 0.0621 e. The van der Waals surface area contributed by atoms with E-state index in [1.165, 1.54) is 0 Å². The predicted molar refractivity (Wildman–Crippen MR) is 39.9 cm³/mol. The SMILES string of the molecule is C[C@H]1CCC(N)CO1.Cl. The lowest BCUT2D eigenvalue weighted by atomic mass is 10.1. The third kappa shape index (κ3) is 3.04. The first-order valence-corrected chi connectivity index (χ1v) is 3.16. The van der Waals surface area contributed by atoms with Crippen molar-refractivity contribution in [3.8, 4) is 0 Å². The molecule has 0 aromatic heterocycles. The van der Waals surface area contributed by atoms with Gasteiger partial charge in [-0.1, -0.05) is 0 Å². The fourth-order valence-corrected chi connectivity index (χ4v) is 0.903. The van der Waals surface area contributed by atoms with Crippen molar-refractivity contribution in [3.05, 3.63) is 0 Å². The van der Waals surface area contributed by atoms with Crippen LogP contribution in [0, 0.1) is 0 Å². The normalized spacial score (nSPS) is 35.3. The maximum atomic E-state index is 5.57. The standard InChI is InChI=1S/C6H13NO.ClH/c1-5-2-3-6(7)4-8-5;/h5-6H,2-4,7H2,1H3;1H/t5-,6?;/m0./s1. The van der Waals surface area contributed by atoms with E-state index in [-0.39, 0.29) is 12.4 Å². The molecule has 1 aliphatic rings. The molecule has 1 aliphatic heterocycles. The van der Waals surface area contributed by atoms with Crippen molar-refractivity contribution in [1.29, 1.82) is 0 Å². The van der Waals surface area contributed by atoms with Gasteiger partial charge in [0.05, 0.1) is 12.7 Å². The topological polar surface area (TPSA) is 35.2 Å². The van der Waals surface area contributed by atoms with E-state index in [9.17, 15) is 0 Å². The Morgan fingerprint density at radius 1 is 1.44 bits per heavy atom. The number of ether oxygens (including phenoxy) is 1. The number of hydrogen-bond donors (Lipinski definition) is 1. The van der Waals surface area contributed by atoms with Crippen LogP contribution in [-0.2, 0) is 4.74 Å². The fraction of sp³-hybridized carbons (Fsp3) is 1.00. The van der Waals surface area contributed by atoms with Crippen LogP contribution in [0.5, 0.6) is 0 Å². The lowest BCUT2D eigenvalue weighted by molar-refractivity contribution is 0.0172. The molecule has 2 N–H and O–H groups in total. The Morgan fingerprint density at radius 2 is 2.11 bits per heavy atom. The van der Waals surface area contributed by atoms with Crippen LogP contribution < -0.4 is 5.73 Å². The van der Waals surface area contributed by atoms with Gasteiger partial charge in [-0.2, -0.15) is 0 Å². The molecule has 1 heterocycles. The lowest BCUT2D eigenvalue weighted by Gasteiger charge is -2.23. The molecular formula is C6H14ClNO. The van der Waals surface area contributed by atoms with Crippen molar-refractivity contribution in [1.82, 2.24) is 0 Å². The summed E-state index contributed by atoms with van der Waals surface area (Å²) < 4.78 is 5.27. The third-order valence-electron chi connectivity index (χ3n) is 1.54. The highest BCUT2D eigenvalue weighted by Crippen LogP contribution is 2.10. The zero-order valence-electron chi connectivity index (χ0n) is 5.67. The van der Waals surface area contributed by atoms with E-state index >= 15 is 0 Å². The van der Waals surface area contributed by atoms with Crippen LogP contribution in [0.2, 0.25) is 0 Å². The third-order valence-corrected chi connectivity index (χ3v) is 1.54. The zero-order chi connectivity index (χ0) is 5.98. The van der Waals surface area contributed by atoms with E-state index < -0.39 is 0 Å². The first-order valence-electron chi connectivity index (χ1n) is 3.16. The summed E-state index contributed by atoms with van der Waals surface area (Å²) in [6.45, 7) is 2.84. The molecule has 9 heavy (non-hydrogen) atoms. The zero-order valence-corrected chi connectivity index (χ0v) is 6.49. The second-order valence-corrected chi connectivity index (χ2v) is 2.48. The van der Waals surface area contributed by atoms with Crippen LogP contribution in [0.1, 0.15) is 19.8 Å². The molecule has 2 atom stereocenters. The molecule has 56 valence electrons. The van der Waals surface area contributed by atoms with Crippen LogP contribution in [0.25, 0.3) is 0 Å². The summed E-state index contributed by atoms with van der Waals surface area (Å²) in [5.41, 5.74) is 5.57. The van der Waals surface area contributed by atoms with Crippen molar-refractivity contribution in [2.45, 2.75) is 31.9 Å². The number of halogens is 1. The van der Waals surface area contributed by atoms with Crippen LogP contribution in [-0.4, -0.2) is 18.8 Å². The summed E-state index contributed by atoms with van der Waals surface area (Å²) in [5, 5.41) is 0. The van der Waals surface area contributed by atoms with E-state index in [4.69, 9.17) is 10.5 Å². The van der Waals surface area contributed by atoms with Crippen LogP contribution in [0.15, 0.2) is 0 Å². The molecule has 0 radical (unpaired) electrons. The Kier molecular flexibility index (Phi) is 4.19. The van der Waals surface area contributed by atoms with E-state index in [2.05, 4.69) is 6.92 Å². The molecule has 0 saturated carbocycles. The van der Waals surface area contributed by atoms with Gasteiger partial charge < -0.3 is 10.5 Å². The van der Waals surface area contributed by atoms with E-state index in [1.54, 1.807) is 0 Å². The van der Waals surface area contributed by atoms with Gasteiger partial charge in [0.15, 0.2) is 0 Å². The molecule has 0 amide bonds. The second-order valence-electron chi connectivity index (χ2n) is 2.48. The molecule has 1 rings (SSSR count). The van der Waals surface area contributed by atoms with E-state index in [0.717, 1.165) is 19.4 Å². The average molecular weight is 152 g/mol. The van der Waals surface area contributed by atoms with Crippen LogP contribution >= 0.6 is 12.4 Å². The average Bonchev–Trinajstić information content (AvgIpc) is 1.77. The van der Waals surface area contributed by atoms with Gasteiger partial charge in [-0.3, -0.25) is 0 Å². The largest absolute Gasteiger partial charge is 0.377 e. The van der Waals surface area contributed by atoms with Gasteiger partial charge in [-0.25, -0.2) is 0 Å². The van der Waals surface area contributed by atoms with Gasteiger partial charge in [0.1, 0.15) is 0 Å². The lowest BCUT2D eigenvalue weighted by Crippen LogP contribution is -2.34. The van der Waals surface area contributed by atoms with Crippen molar-refractivity contribution in [3.63, 3.8) is 0 Å². The Balaban J connectivity index is 0.000000640. The van der Waals surface area contributed by atoms with E-state index in [1.807, 2.05) is 0 Å². The highest BCUT2D eigenvalue weighted by Gasteiger charge is 2.13. The van der Waals surface area contributed by atoms with E-state index in [0.29, 0.717) is 12.1 Å². The van der Waals surface area contributed by atoms with Crippen molar-refractivity contribution in [2.24, 2.45) is 5.73 Å². The Morgan fingerprint density at radius 3 is 2.44 bits per heavy atom. The molecule has 1 fully saturated rings. The van der Waals surface area contributed by atoms with Crippen molar-refractivity contribution < 1.29 is 4.74 Å². The van der Waals surface area contributed by atoms with Gasteiger partial charge in [-0.05, 0) is 19.8 Å². The summed E-state index contributed by atoms with van der Waals surface area (Å²) in [6.07, 6.45) is 2.69. The fourth-order valence-electron chi connectivity index (χ4n) is 0.903. The monoisotopic (exact) mass is 151 g/mol. The molecule has 0 spiro atoms. The van der Waals surface area contributed by atoms with Crippen LogP contribution in [0.3, 0.4) is 0 Å². The number of hydrogen-bond acceptors (Lipinski definition) is 2. The number of nitrogens with two attached hydrogens (primary N) is 1. The van der Waals surface area contributed by atoms with Gasteiger partial charge >= 0.3 is 0 Å². The quantitative estimate of drug-likeness (QED) is 0.559. The summed E-state index contributed by atoms with van der Waals surface area (Å²) >= 11 is 0. The summed E-state index contributed by atoms with van der Waals surface area (Å²) in [5.74, 6) is 0. The van der Waals surface area contributed by atoms with Crippen molar-refractivity contribution in [2.75, 3.05) is 6.61 Å². The Labute approximate surface area is 62.2 Å². The molecule has 0 aliphatic carbocycles. The second kappa shape index (κ2) is 4.09. The van der Waals surface area contributed by atoms with Crippen LogP contribution in [0.4, 0.5) is 0 Å². The first kappa shape index (κ1) is 9.21. The minimum Gasteiger partial charge on any atom is -0.377 e. The van der Waals surface area contributed by atoms with Gasteiger partial charge in [0.25, 0.3) is 0 Å². The Bertz CT molecular complexity index is 61.5. The molecule has 0 aromatic carbocycles. The van der Waals surface area contributed by atoms with Crippen molar-refractivity contribution >= 4 is 12.4 Å². The number of rotatable bonds is 0. The Hall–Kier alpha value is 0.210. The molecule has 1 unspecified atom stereocenters. The molecule has 2 nitrogen and oxygen atoms in total. The molecule has 0 aromatic rings. The predicted octanol–water partition coefficient (Wildman–Crippen LogP) is 0.934. The van der Waals surface area contributed by atoms with Gasteiger partial charge in [-0.15, -0.1) is 12.4 Å². The maximum absolute atomic E-state index is 5.57. The first-order chi connectivity index (χ1) is 3.79. The van der Waals surface area contributed by atoms with Gasteiger partial charge in [0.2, 0.25) is 0 Å². The molecule has 3 heteroatoms. The molecular weight excluding hydrogens is 138 g/mol. The molecule has 0 bridgehead atoms. The summed E-state index contributed by atoms with van der Waals surface area (Å²) in [6, 6.07) is 0.297. The highest BCUT2D eigenvalue weighted by molar-refractivity contribution is 5.85.